The van der Waals surface area contributed by atoms with Crippen LogP contribution < -0.4 is 16.6 Å². The van der Waals surface area contributed by atoms with Gasteiger partial charge >= 0.3 is 0 Å². The minimum atomic E-state index is -0.506. The maximum absolute atomic E-state index is 13.3. The molecule has 2 aromatic heterocycles. The summed E-state index contributed by atoms with van der Waals surface area (Å²) in [7, 11) is 0. The number of carbonyl (C=O) groups is 1. The van der Waals surface area contributed by atoms with E-state index < -0.39 is 5.91 Å². The first kappa shape index (κ1) is 21.1. The van der Waals surface area contributed by atoms with Crippen LogP contribution in [-0.4, -0.2) is 50.1 Å². The lowest BCUT2D eigenvalue weighted by Gasteiger charge is -2.30. The molecular formula is C21H30N6O2S. The van der Waals surface area contributed by atoms with E-state index in [2.05, 4.69) is 27.8 Å². The second-order valence-corrected chi connectivity index (χ2v) is 9.35. The van der Waals surface area contributed by atoms with Gasteiger partial charge in [-0.1, -0.05) is 25.3 Å². The number of anilines is 1. The Kier molecular flexibility index (Phi) is 6.29. The lowest BCUT2D eigenvalue weighted by atomic mass is 10.0. The van der Waals surface area contributed by atoms with Crippen molar-refractivity contribution in [2.75, 3.05) is 24.7 Å². The van der Waals surface area contributed by atoms with E-state index in [0.29, 0.717) is 29.1 Å². The standard InChI is InChI=1S/C21H30N6O2S/c1-13-4-3-5-17(13)27-19-15(10-14(20(27)29)11-18(22)28)12-23-21(25-19)24-16-6-8-26(30-2)9-7-16/h10,12-13,16-17H,3-9,11H2,1-2H3,(H2,22,28)(H,23,24,25). The Hall–Kier alpha value is -2.13. The first-order chi connectivity index (χ1) is 14.5. The van der Waals surface area contributed by atoms with Gasteiger partial charge in [-0.15, -0.1) is 0 Å². The average molecular weight is 431 g/mol. The summed E-state index contributed by atoms with van der Waals surface area (Å²) in [6.45, 7) is 4.25. The van der Waals surface area contributed by atoms with Crippen molar-refractivity contribution >= 4 is 34.8 Å². The van der Waals surface area contributed by atoms with Crippen molar-refractivity contribution in [1.82, 2.24) is 18.8 Å². The summed E-state index contributed by atoms with van der Waals surface area (Å²) in [5, 5.41) is 4.24. The summed E-state index contributed by atoms with van der Waals surface area (Å²) in [6, 6.07) is 2.13. The fraction of sp³-hybridized carbons (Fsp3) is 0.619. The number of carbonyl (C=O) groups excluding carboxylic acids is 1. The van der Waals surface area contributed by atoms with E-state index in [1.54, 1.807) is 28.8 Å². The monoisotopic (exact) mass is 430 g/mol. The third-order valence-corrected chi connectivity index (χ3v) is 7.29. The molecule has 0 radical (unpaired) electrons. The molecule has 3 N–H and O–H groups in total. The van der Waals surface area contributed by atoms with Crippen molar-refractivity contribution in [2.24, 2.45) is 11.7 Å². The van der Waals surface area contributed by atoms with Crippen LogP contribution in [-0.2, 0) is 11.2 Å². The molecule has 2 atom stereocenters. The zero-order chi connectivity index (χ0) is 21.3. The molecule has 0 aromatic carbocycles. The molecule has 1 saturated heterocycles. The number of primary amides is 1. The van der Waals surface area contributed by atoms with Crippen LogP contribution in [0.25, 0.3) is 11.0 Å². The number of hydrogen-bond donors (Lipinski definition) is 2. The minimum absolute atomic E-state index is 0.0656. The van der Waals surface area contributed by atoms with Crippen molar-refractivity contribution in [3.63, 3.8) is 0 Å². The average Bonchev–Trinajstić information content (AvgIpc) is 3.14. The number of nitrogens with two attached hydrogens (primary N) is 1. The molecule has 2 fully saturated rings. The highest BCUT2D eigenvalue weighted by Crippen LogP contribution is 2.36. The van der Waals surface area contributed by atoms with Crippen molar-refractivity contribution in [2.45, 2.75) is 57.5 Å². The summed E-state index contributed by atoms with van der Waals surface area (Å²) in [5.41, 5.74) is 6.29. The number of nitrogens with one attached hydrogen (secondary N) is 1. The molecule has 162 valence electrons. The largest absolute Gasteiger partial charge is 0.369 e. The van der Waals surface area contributed by atoms with Gasteiger partial charge in [0, 0.05) is 42.3 Å². The lowest BCUT2D eigenvalue weighted by Crippen LogP contribution is -2.36. The van der Waals surface area contributed by atoms with Crippen molar-refractivity contribution in [3.8, 4) is 0 Å². The van der Waals surface area contributed by atoms with E-state index >= 15 is 0 Å². The van der Waals surface area contributed by atoms with Crippen LogP contribution in [0.15, 0.2) is 17.1 Å². The van der Waals surface area contributed by atoms with Crippen LogP contribution in [0.4, 0.5) is 5.95 Å². The minimum Gasteiger partial charge on any atom is -0.369 e. The Bertz CT molecular complexity index is 985. The summed E-state index contributed by atoms with van der Waals surface area (Å²) in [6.07, 6.45) is 8.98. The van der Waals surface area contributed by atoms with Crippen LogP contribution in [0, 0.1) is 5.92 Å². The van der Waals surface area contributed by atoms with Gasteiger partial charge in [0.2, 0.25) is 11.9 Å². The van der Waals surface area contributed by atoms with E-state index in [0.717, 1.165) is 50.6 Å². The first-order valence-corrected chi connectivity index (χ1v) is 11.9. The Morgan fingerprint density at radius 3 is 2.70 bits per heavy atom. The predicted molar refractivity (Wildman–Crippen MR) is 120 cm³/mol. The maximum atomic E-state index is 13.3. The fourth-order valence-electron chi connectivity index (χ4n) is 4.74. The van der Waals surface area contributed by atoms with Gasteiger partial charge in [0.25, 0.3) is 5.56 Å². The van der Waals surface area contributed by atoms with E-state index in [9.17, 15) is 9.59 Å². The molecule has 2 aliphatic rings. The number of piperidine rings is 1. The number of pyridine rings is 1. The van der Waals surface area contributed by atoms with Gasteiger partial charge in [0.1, 0.15) is 5.65 Å². The van der Waals surface area contributed by atoms with Gasteiger partial charge in [0.05, 0.1) is 6.42 Å². The van der Waals surface area contributed by atoms with Gasteiger partial charge in [-0.05, 0) is 43.9 Å². The molecule has 4 rings (SSSR count). The molecule has 2 aromatic rings. The summed E-state index contributed by atoms with van der Waals surface area (Å²) < 4.78 is 4.16. The number of fused-ring (bicyclic) bond motifs is 1. The van der Waals surface area contributed by atoms with Crippen molar-refractivity contribution < 1.29 is 4.79 Å². The lowest BCUT2D eigenvalue weighted by molar-refractivity contribution is -0.117. The fourth-order valence-corrected chi connectivity index (χ4v) is 5.32. The zero-order valence-electron chi connectivity index (χ0n) is 17.6. The topological polar surface area (TPSA) is 106 Å². The third kappa shape index (κ3) is 4.32. The Morgan fingerprint density at radius 1 is 1.30 bits per heavy atom. The molecule has 8 nitrogen and oxygen atoms in total. The number of amides is 1. The van der Waals surface area contributed by atoms with Gasteiger partial charge in [-0.2, -0.15) is 4.98 Å². The van der Waals surface area contributed by atoms with E-state index in [4.69, 9.17) is 10.7 Å². The van der Waals surface area contributed by atoms with Crippen molar-refractivity contribution in [3.05, 3.63) is 28.2 Å². The van der Waals surface area contributed by atoms with Crippen molar-refractivity contribution in [1.29, 1.82) is 0 Å². The predicted octanol–water partition coefficient (Wildman–Crippen LogP) is 2.33. The number of hydrogen-bond acceptors (Lipinski definition) is 7. The molecule has 3 heterocycles. The van der Waals surface area contributed by atoms with Gasteiger partial charge < -0.3 is 11.1 Å². The van der Waals surface area contributed by atoms with Crippen LogP contribution >= 0.6 is 11.9 Å². The second-order valence-electron chi connectivity index (χ2n) is 8.47. The van der Waals surface area contributed by atoms with Crippen LogP contribution in [0.1, 0.15) is 50.6 Å². The molecule has 1 amide bonds. The molecule has 0 spiro atoms. The maximum Gasteiger partial charge on any atom is 0.256 e. The molecule has 2 unspecified atom stereocenters. The first-order valence-electron chi connectivity index (χ1n) is 10.7. The molecule has 0 bridgehead atoms. The molecule has 9 heteroatoms. The highest BCUT2D eigenvalue weighted by molar-refractivity contribution is 7.96. The van der Waals surface area contributed by atoms with Gasteiger partial charge in [0.15, 0.2) is 0 Å². The summed E-state index contributed by atoms with van der Waals surface area (Å²) >= 11 is 1.78. The van der Waals surface area contributed by atoms with E-state index in [1.165, 1.54) is 0 Å². The smallest absolute Gasteiger partial charge is 0.256 e. The van der Waals surface area contributed by atoms with Crippen LogP contribution in [0.2, 0.25) is 0 Å². The second kappa shape index (κ2) is 8.93. The van der Waals surface area contributed by atoms with E-state index in [1.807, 2.05) is 0 Å². The quantitative estimate of drug-likeness (QED) is 0.678. The van der Waals surface area contributed by atoms with Gasteiger partial charge in [-0.3, -0.25) is 18.5 Å². The molecule has 30 heavy (non-hydrogen) atoms. The SMILES string of the molecule is CSN1CCC(Nc2ncc3cc(CC(N)=O)c(=O)n(C4CCCC4C)c3n2)CC1. The zero-order valence-corrected chi connectivity index (χ0v) is 18.5. The summed E-state index contributed by atoms with van der Waals surface area (Å²) in [4.78, 5) is 34.1. The van der Waals surface area contributed by atoms with Crippen LogP contribution in [0.3, 0.4) is 0 Å². The molecular weight excluding hydrogens is 400 g/mol. The number of aromatic nitrogens is 3. The Balaban J connectivity index is 1.71. The Morgan fingerprint density at radius 2 is 2.07 bits per heavy atom. The molecule has 1 saturated carbocycles. The molecule has 1 aliphatic heterocycles. The van der Waals surface area contributed by atoms with Gasteiger partial charge in [-0.25, -0.2) is 4.98 Å². The third-order valence-electron chi connectivity index (χ3n) is 6.41. The highest BCUT2D eigenvalue weighted by Gasteiger charge is 2.29. The highest BCUT2D eigenvalue weighted by atomic mass is 32.2. The van der Waals surface area contributed by atoms with E-state index in [-0.39, 0.29) is 18.0 Å². The Labute approximate surface area is 180 Å². The number of rotatable bonds is 6. The normalized spacial score (nSPS) is 23.1. The molecule has 1 aliphatic carbocycles. The summed E-state index contributed by atoms with van der Waals surface area (Å²) in [5.74, 6) is 0.441. The number of nitrogens with zero attached hydrogens (tertiary/aromatic N) is 4. The van der Waals surface area contributed by atoms with Crippen LogP contribution in [0.5, 0.6) is 0 Å².